The van der Waals surface area contributed by atoms with Crippen molar-refractivity contribution < 1.29 is 16.8 Å². The summed E-state index contributed by atoms with van der Waals surface area (Å²) in [6.45, 7) is 13.8. The van der Waals surface area contributed by atoms with Gasteiger partial charge in [-0.05, 0) is 36.5 Å². The van der Waals surface area contributed by atoms with Crippen LogP contribution in [0.25, 0.3) is 0 Å². The van der Waals surface area contributed by atoms with Crippen molar-refractivity contribution in [2.24, 2.45) is 23.7 Å². The average Bonchev–Trinajstić information content (AvgIpc) is 2.86. The Bertz CT molecular complexity index is 533. The second-order valence-corrected chi connectivity index (χ2v) is 13.7. The van der Waals surface area contributed by atoms with Crippen molar-refractivity contribution in [2.75, 3.05) is 13.2 Å². The van der Waals surface area contributed by atoms with Crippen LogP contribution in [0.4, 0.5) is 0 Å². The maximum Gasteiger partial charge on any atom is 0.399 e. The molecule has 0 saturated heterocycles. The molecule has 4 atom stereocenters. The molecule has 4 unspecified atom stereocenters. The summed E-state index contributed by atoms with van der Waals surface area (Å²) in [4.78, 5) is 0. The van der Waals surface area contributed by atoms with Crippen molar-refractivity contribution in [3.8, 4) is 0 Å². The van der Waals surface area contributed by atoms with Gasteiger partial charge in [-0.2, -0.15) is 8.42 Å². The first-order valence-electron chi connectivity index (χ1n) is 16.2. The molecule has 0 amide bonds. The molecule has 0 bridgehead atoms. The fourth-order valence-electron chi connectivity index (χ4n) is 5.06. The Kier molecular flexibility index (Phi) is 24.8. The van der Waals surface area contributed by atoms with Crippen molar-refractivity contribution in [2.45, 2.75) is 170 Å². The van der Waals surface area contributed by atoms with Gasteiger partial charge in [0.25, 0.3) is 0 Å². The third kappa shape index (κ3) is 25.9. The van der Waals surface area contributed by atoms with Gasteiger partial charge in [-0.1, -0.05) is 157 Å². The summed E-state index contributed by atoms with van der Waals surface area (Å²) in [6.07, 6.45) is 25.6. The van der Waals surface area contributed by atoms with Gasteiger partial charge in [-0.15, -0.1) is 0 Å². The van der Waals surface area contributed by atoms with E-state index in [4.69, 9.17) is 8.37 Å². The van der Waals surface area contributed by atoms with E-state index in [0.717, 1.165) is 37.5 Å². The highest BCUT2D eigenvalue weighted by atomic mass is 32.3. The zero-order valence-corrected chi connectivity index (χ0v) is 26.7. The molecule has 0 aromatic carbocycles. The van der Waals surface area contributed by atoms with Gasteiger partial charge < -0.3 is 0 Å². The molecule has 0 aromatic rings. The minimum atomic E-state index is -3.90. The maximum atomic E-state index is 12.2. The molecular weight excluding hydrogens is 480 g/mol. The fourth-order valence-corrected chi connectivity index (χ4v) is 5.93. The lowest BCUT2D eigenvalue weighted by Gasteiger charge is -2.16. The lowest BCUT2D eigenvalue weighted by atomic mass is 9.94. The molecule has 37 heavy (non-hydrogen) atoms. The minimum Gasteiger partial charge on any atom is -0.248 e. The molecule has 0 aromatic heterocycles. The van der Waals surface area contributed by atoms with Gasteiger partial charge in [-0.25, -0.2) is 8.37 Å². The standard InChI is InChI=1S/C32H66O4S/c1-7-9-11-13-15-17-21-29(3)23-19-25-31(5)27-35-37(33,34)36-28-32(6)26-20-24-30(4)22-18-16-14-12-10-8-2/h29-32H,7-28H2,1-6H3. The van der Waals surface area contributed by atoms with Crippen LogP contribution >= 0.6 is 0 Å². The SMILES string of the molecule is CCCCCCCCC(C)CCCC(C)COS(=O)(=O)OCC(C)CCCC(C)CCCCCCCC. The Labute approximate surface area is 233 Å². The minimum absolute atomic E-state index is 0.221. The van der Waals surface area contributed by atoms with E-state index < -0.39 is 10.4 Å². The molecule has 224 valence electrons. The van der Waals surface area contributed by atoms with Crippen molar-refractivity contribution in [1.82, 2.24) is 0 Å². The largest absolute Gasteiger partial charge is 0.399 e. The molecule has 0 N–H and O–H groups in total. The third-order valence-electron chi connectivity index (χ3n) is 7.88. The maximum absolute atomic E-state index is 12.2. The average molecular weight is 547 g/mol. The molecule has 0 heterocycles. The molecule has 0 fully saturated rings. The van der Waals surface area contributed by atoms with E-state index in [1.165, 1.54) is 103 Å². The predicted octanol–water partition coefficient (Wildman–Crippen LogP) is 10.7. The highest BCUT2D eigenvalue weighted by Gasteiger charge is 2.17. The van der Waals surface area contributed by atoms with Gasteiger partial charge in [0.1, 0.15) is 0 Å². The zero-order chi connectivity index (χ0) is 27.8. The summed E-state index contributed by atoms with van der Waals surface area (Å²) in [6, 6.07) is 0. The van der Waals surface area contributed by atoms with Crippen molar-refractivity contribution in [1.29, 1.82) is 0 Å². The summed E-state index contributed by atoms with van der Waals surface area (Å²) in [5.41, 5.74) is 0. The van der Waals surface area contributed by atoms with Crippen LogP contribution in [0.2, 0.25) is 0 Å². The predicted molar refractivity (Wildman–Crippen MR) is 161 cm³/mol. The van der Waals surface area contributed by atoms with Crippen LogP contribution in [0.1, 0.15) is 170 Å². The summed E-state index contributed by atoms with van der Waals surface area (Å²) in [5.74, 6) is 1.97. The molecule has 4 nitrogen and oxygen atoms in total. The molecular formula is C32H66O4S. The fraction of sp³-hybridized carbons (Fsp3) is 1.00. The van der Waals surface area contributed by atoms with E-state index in [-0.39, 0.29) is 25.0 Å². The quantitative estimate of drug-likeness (QED) is 0.0916. The van der Waals surface area contributed by atoms with E-state index in [9.17, 15) is 8.42 Å². The van der Waals surface area contributed by atoms with Crippen LogP contribution in [0, 0.1) is 23.7 Å². The van der Waals surface area contributed by atoms with E-state index in [1.54, 1.807) is 0 Å². The summed E-state index contributed by atoms with van der Waals surface area (Å²) in [5, 5.41) is 0. The van der Waals surface area contributed by atoms with E-state index >= 15 is 0 Å². The monoisotopic (exact) mass is 546 g/mol. The summed E-state index contributed by atoms with van der Waals surface area (Å²) >= 11 is 0. The van der Waals surface area contributed by atoms with E-state index in [2.05, 4.69) is 41.5 Å². The van der Waals surface area contributed by atoms with E-state index in [0.29, 0.717) is 0 Å². The second-order valence-electron chi connectivity index (χ2n) is 12.4. The van der Waals surface area contributed by atoms with Crippen LogP contribution in [0.3, 0.4) is 0 Å². The smallest absolute Gasteiger partial charge is 0.248 e. The summed E-state index contributed by atoms with van der Waals surface area (Å²) < 4.78 is 34.7. The van der Waals surface area contributed by atoms with Crippen molar-refractivity contribution in [3.05, 3.63) is 0 Å². The Morgan fingerprint density at radius 1 is 0.432 bits per heavy atom. The molecule has 5 heteroatoms. The molecule has 0 saturated carbocycles. The highest BCUT2D eigenvalue weighted by molar-refractivity contribution is 7.81. The Balaban J connectivity index is 3.80. The van der Waals surface area contributed by atoms with Gasteiger partial charge in [0.15, 0.2) is 0 Å². The van der Waals surface area contributed by atoms with E-state index in [1.807, 2.05) is 0 Å². The number of hydrogen-bond acceptors (Lipinski definition) is 4. The first-order valence-corrected chi connectivity index (χ1v) is 17.6. The molecule has 0 aliphatic rings. The van der Waals surface area contributed by atoms with Gasteiger partial charge in [0.2, 0.25) is 0 Å². The molecule has 0 aliphatic carbocycles. The molecule has 0 radical (unpaired) electrons. The number of unbranched alkanes of at least 4 members (excludes halogenated alkanes) is 10. The lowest BCUT2D eigenvalue weighted by Crippen LogP contribution is -2.18. The van der Waals surface area contributed by atoms with Gasteiger partial charge in [0, 0.05) is 0 Å². The topological polar surface area (TPSA) is 52.6 Å². The highest BCUT2D eigenvalue weighted by Crippen LogP contribution is 2.21. The van der Waals surface area contributed by atoms with Crippen LogP contribution in [0.5, 0.6) is 0 Å². The molecule has 0 rings (SSSR count). The van der Waals surface area contributed by atoms with Crippen LogP contribution in [-0.4, -0.2) is 21.6 Å². The molecule has 0 spiro atoms. The second kappa shape index (κ2) is 24.9. The zero-order valence-electron chi connectivity index (χ0n) is 25.9. The van der Waals surface area contributed by atoms with Crippen molar-refractivity contribution >= 4 is 10.4 Å². The van der Waals surface area contributed by atoms with Gasteiger partial charge in [0.05, 0.1) is 13.2 Å². The van der Waals surface area contributed by atoms with Gasteiger partial charge in [-0.3, -0.25) is 0 Å². The van der Waals surface area contributed by atoms with Crippen LogP contribution in [-0.2, 0) is 18.8 Å². The van der Waals surface area contributed by atoms with Crippen molar-refractivity contribution in [3.63, 3.8) is 0 Å². The van der Waals surface area contributed by atoms with Gasteiger partial charge >= 0.3 is 10.4 Å². The first kappa shape index (κ1) is 36.9. The lowest BCUT2D eigenvalue weighted by molar-refractivity contribution is 0.169. The molecule has 0 aliphatic heterocycles. The first-order chi connectivity index (χ1) is 17.7. The van der Waals surface area contributed by atoms with Crippen LogP contribution in [0.15, 0.2) is 0 Å². The number of rotatable bonds is 28. The Morgan fingerprint density at radius 2 is 0.730 bits per heavy atom. The Hall–Kier alpha value is -0.130. The number of hydrogen-bond donors (Lipinski definition) is 0. The summed E-state index contributed by atoms with van der Waals surface area (Å²) in [7, 11) is -3.90. The normalized spacial score (nSPS) is 15.5. The third-order valence-corrected chi connectivity index (χ3v) is 8.73. The Morgan fingerprint density at radius 3 is 1.11 bits per heavy atom. The van der Waals surface area contributed by atoms with Crippen LogP contribution < -0.4 is 0 Å².